The monoisotopic (exact) mass is 893 g/mol. The number of amides is 3. The van der Waals surface area contributed by atoms with Crippen LogP contribution in [-0.4, -0.2) is 131 Å². The van der Waals surface area contributed by atoms with Crippen LogP contribution < -0.4 is 5.32 Å². The Morgan fingerprint density at radius 2 is 1.00 bits per heavy atom. The van der Waals surface area contributed by atoms with E-state index in [1.807, 2.05) is 125 Å². The minimum atomic E-state index is -1.01. The smallest absolute Gasteiger partial charge is 0.411 e. The van der Waals surface area contributed by atoms with E-state index in [0.717, 1.165) is 54.0 Å². The highest BCUT2D eigenvalue weighted by Crippen LogP contribution is 2.28. The average molecular weight is 893 g/mol. The number of hydrogen-bond acceptors (Lipinski definition) is 9. The van der Waals surface area contributed by atoms with Crippen molar-refractivity contribution in [2.75, 3.05) is 54.4 Å². The molecule has 352 valence electrons. The number of aliphatic carboxylic acids is 1. The van der Waals surface area contributed by atoms with Crippen molar-refractivity contribution in [3.63, 3.8) is 0 Å². The molecule has 6 rings (SSSR count). The third kappa shape index (κ3) is 17.6. The van der Waals surface area contributed by atoms with E-state index in [0.29, 0.717) is 32.5 Å². The third-order valence-corrected chi connectivity index (χ3v) is 10.6. The van der Waals surface area contributed by atoms with Crippen molar-refractivity contribution in [3.05, 3.63) is 143 Å². The van der Waals surface area contributed by atoms with E-state index in [2.05, 4.69) is 53.5 Å². The van der Waals surface area contributed by atoms with E-state index in [-0.39, 0.29) is 12.5 Å². The van der Waals surface area contributed by atoms with Crippen LogP contribution in [0.3, 0.4) is 0 Å². The molecule has 2 heterocycles. The topological polar surface area (TPSA) is 135 Å². The van der Waals surface area contributed by atoms with Crippen molar-refractivity contribution in [1.82, 2.24) is 29.8 Å². The minimum Gasteiger partial charge on any atom is -0.480 e. The molecule has 0 saturated carbocycles. The molecule has 2 aliphatic heterocycles. The molecule has 2 aliphatic rings. The molecule has 0 fully saturated rings. The molecule has 0 bridgehead atoms. The summed E-state index contributed by atoms with van der Waals surface area (Å²) in [5.74, 6) is -1.05. The lowest BCUT2D eigenvalue weighted by Gasteiger charge is -2.39. The number of carboxylic acids is 1. The summed E-state index contributed by atoms with van der Waals surface area (Å²) in [6.45, 7) is 16.4. The van der Waals surface area contributed by atoms with Gasteiger partial charge in [0.1, 0.15) is 23.3 Å². The Balaban J connectivity index is 0.000000238. The molecule has 0 aromatic heterocycles. The van der Waals surface area contributed by atoms with Gasteiger partial charge in [0.05, 0.1) is 13.1 Å². The van der Waals surface area contributed by atoms with Gasteiger partial charge in [0, 0.05) is 52.1 Å². The molecule has 2 atom stereocenters. The number of hydrogen-bond donors (Lipinski definition) is 2. The van der Waals surface area contributed by atoms with Gasteiger partial charge >= 0.3 is 18.2 Å². The number of benzene rings is 4. The Morgan fingerprint density at radius 1 is 0.585 bits per heavy atom. The molecule has 0 aliphatic carbocycles. The fourth-order valence-electron chi connectivity index (χ4n) is 7.25. The maximum atomic E-state index is 13.9. The predicted molar refractivity (Wildman–Crippen MR) is 256 cm³/mol. The lowest BCUT2D eigenvalue weighted by molar-refractivity contribution is -0.143. The van der Waals surface area contributed by atoms with Gasteiger partial charge in [-0.05, 0) is 103 Å². The van der Waals surface area contributed by atoms with E-state index in [1.54, 1.807) is 25.7 Å². The van der Waals surface area contributed by atoms with Crippen molar-refractivity contribution in [1.29, 1.82) is 0 Å². The number of carboxylic acid groups (broad SMARTS) is 1. The van der Waals surface area contributed by atoms with Gasteiger partial charge in [0.2, 0.25) is 5.91 Å². The first-order valence-corrected chi connectivity index (χ1v) is 22.4. The standard InChI is InChI=1S/C26H35N3O3.C15H19NO4.C11H18N2/c1-26(2,3)32-25(31)29-19-22-14-10-9-13-21(22)17-23(29)24(30)28(16-15-27(4)5)18-20-11-7-6-8-12-20;1-15(2,3)20-14(19)16-9-11-7-5-4-6-10(11)8-12(16)13(17)18;1-13(2)9-8-12-10-11-6-4-3-5-7-11/h6-14,23H,15-19H2,1-5H3;4-7,12H,8-9H2,1-3H3,(H,17,18);3-7,12H,8-10H2,1-2H3/t23-;12-;/m00./s1. The molecular formula is C52H72N6O7. The number of fused-ring (bicyclic) bond motifs is 2. The first kappa shape index (κ1) is 51.9. The number of carbonyl (C=O) groups is 4. The summed E-state index contributed by atoms with van der Waals surface area (Å²) in [5, 5.41) is 12.7. The second kappa shape index (κ2) is 24.5. The number of ether oxygens (including phenoxy) is 2. The molecule has 0 spiro atoms. The van der Waals surface area contributed by atoms with Gasteiger partial charge in [-0.25, -0.2) is 14.4 Å². The fraction of sp³-hybridized carbons (Fsp3) is 0.462. The molecule has 65 heavy (non-hydrogen) atoms. The molecule has 4 aromatic carbocycles. The fourth-order valence-corrected chi connectivity index (χ4v) is 7.25. The third-order valence-electron chi connectivity index (χ3n) is 10.6. The number of rotatable bonds is 12. The van der Waals surface area contributed by atoms with E-state index in [1.165, 1.54) is 10.5 Å². The largest absolute Gasteiger partial charge is 0.480 e. The van der Waals surface area contributed by atoms with Crippen molar-refractivity contribution >= 4 is 24.1 Å². The zero-order valence-electron chi connectivity index (χ0n) is 40.3. The quantitative estimate of drug-likeness (QED) is 0.136. The van der Waals surface area contributed by atoms with Crippen molar-refractivity contribution < 1.29 is 33.8 Å². The van der Waals surface area contributed by atoms with E-state index >= 15 is 0 Å². The SMILES string of the molecule is CC(C)(C)OC(=O)N1Cc2ccccc2C[C@H]1C(=O)O.CN(C)CCN(Cc1ccccc1)C(=O)[C@@H]1Cc2ccccc2CN1C(=O)OC(C)(C)C.CN(C)CCNCc1ccccc1. The maximum Gasteiger partial charge on any atom is 0.411 e. The zero-order valence-corrected chi connectivity index (χ0v) is 40.3. The van der Waals surface area contributed by atoms with Crippen LogP contribution in [-0.2, 0) is 58.1 Å². The van der Waals surface area contributed by atoms with Crippen LogP contribution in [0, 0.1) is 0 Å². The van der Waals surface area contributed by atoms with Crippen LogP contribution in [0.1, 0.15) is 74.9 Å². The van der Waals surface area contributed by atoms with Gasteiger partial charge in [-0.1, -0.05) is 109 Å². The number of likely N-dealkylation sites (N-methyl/N-ethyl adjacent to an activating group) is 2. The van der Waals surface area contributed by atoms with Crippen LogP contribution in [0.2, 0.25) is 0 Å². The number of nitrogens with one attached hydrogen (secondary N) is 1. The first-order valence-electron chi connectivity index (χ1n) is 22.4. The highest BCUT2D eigenvalue weighted by Gasteiger charge is 2.39. The van der Waals surface area contributed by atoms with Gasteiger partial charge < -0.3 is 34.6 Å². The Morgan fingerprint density at radius 3 is 1.45 bits per heavy atom. The molecule has 0 saturated heterocycles. The van der Waals surface area contributed by atoms with Gasteiger partial charge in [0.15, 0.2) is 0 Å². The summed E-state index contributed by atoms with van der Waals surface area (Å²) in [4.78, 5) is 59.5. The predicted octanol–water partition coefficient (Wildman–Crippen LogP) is 7.71. The Labute approximate surface area is 387 Å². The van der Waals surface area contributed by atoms with Crippen LogP contribution >= 0.6 is 0 Å². The van der Waals surface area contributed by atoms with Crippen molar-refractivity contribution in [3.8, 4) is 0 Å². The summed E-state index contributed by atoms with van der Waals surface area (Å²) in [5.41, 5.74) is 5.26. The summed E-state index contributed by atoms with van der Waals surface area (Å²) >= 11 is 0. The minimum absolute atomic E-state index is 0.0453. The molecule has 0 unspecified atom stereocenters. The lowest BCUT2D eigenvalue weighted by Crippen LogP contribution is -2.55. The second-order valence-electron chi connectivity index (χ2n) is 19.0. The first-order chi connectivity index (χ1) is 30.7. The average Bonchev–Trinajstić information content (AvgIpc) is 3.25. The number of carbonyl (C=O) groups excluding carboxylic acids is 3. The maximum absolute atomic E-state index is 13.9. The summed E-state index contributed by atoms with van der Waals surface area (Å²) in [6.07, 6.45) is -0.233. The second-order valence-corrected chi connectivity index (χ2v) is 19.0. The van der Waals surface area contributed by atoms with Gasteiger partial charge in [-0.2, -0.15) is 0 Å². The summed E-state index contributed by atoms with van der Waals surface area (Å²) in [6, 6.07) is 34.6. The van der Waals surface area contributed by atoms with E-state index in [4.69, 9.17) is 9.47 Å². The molecule has 3 amide bonds. The molecule has 13 heteroatoms. The highest BCUT2D eigenvalue weighted by molar-refractivity contribution is 5.87. The van der Waals surface area contributed by atoms with Gasteiger partial charge in [0.25, 0.3) is 0 Å². The van der Waals surface area contributed by atoms with Gasteiger partial charge in [-0.15, -0.1) is 0 Å². The summed E-state index contributed by atoms with van der Waals surface area (Å²) < 4.78 is 11.0. The van der Waals surface area contributed by atoms with E-state index in [9.17, 15) is 24.3 Å². The lowest BCUT2D eigenvalue weighted by atomic mass is 9.93. The number of nitrogens with zero attached hydrogens (tertiary/aromatic N) is 5. The normalized spacial score (nSPS) is 15.6. The van der Waals surface area contributed by atoms with Crippen molar-refractivity contribution in [2.45, 2.75) is 104 Å². The van der Waals surface area contributed by atoms with Crippen LogP contribution in [0.25, 0.3) is 0 Å². The Kier molecular flexibility index (Phi) is 19.6. The highest BCUT2D eigenvalue weighted by atomic mass is 16.6. The Bertz CT molecular complexity index is 2120. The Hall–Kier alpha value is -5.76. The van der Waals surface area contributed by atoms with Crippen LogP contribution in [0.4, 0.5) is 9.59 Å². The molecular weight excluding hydrogens is 821 g/mol. The molecule has 2 N–H and O–H groups in total. The van der Waals surface area contributed by atoms with Crippen LogP contribution in [0.5, 0.6) is 0 Å². The van der Waals surface area contributed by atoms with Crippen molar-refractivity contribution in [2.24, 2.45) is 0 Å². The van der Waals surface area contributed by atoms with Gasteiger partial charge in [-0.3, -0.25) is 14.6 Å². The molecule has 4 aromatic rings. The summed E-state index contributed by atoms with van der Waals surface area (Å²) in [7, 11) is 8.17. The van der Waals surface area contributed by atoms with E-state index < -0.39 is 41.4 Å². The van der Waals surface area contributed by atoms with Crippen LogP contribution in [0.15, 0.2) is 109 Å². The zero-order chi connectivity index (χ0) is 47.7. The molecule has 0 radical (unpaired) electrons. The molecule has 13 nitrogen and oxygen atoms in total.